The lowest BCUT2D eigenvalue weighted by Crippen LogP contribution is -2.54. The van der Waals surface area contributed by atoms with Gasteiger partial charge in [0.25, 0.3) is 5.91 Å². The van der Waals surface area contributed by atoms with Crippen LogP contribution in [-0.4, -0.2) is 39.8 Å². The fourth-order valence-corrected chi connectivity index (χ4v) is 5.13. The molecule has 148 valence electrons. The molecule has 28 heavy (non-hydrogen) atoms. The molecule has 7 nitrogen and oxygen atoms in total. The van der Waals surface area contributed by atoms with Crippen LogP contribution in [0.15, 0.2) is 18.2 Å². The Morgan fingerprint density at radius 2 is 2.21 bits per heavy atom. The highest BCUT2D eigenvalue weighted by Crippen LogP contribution is 2.38. The van der Waals surface area contributed by atoms with Crippen LogP contribution in [0.2, 0.25) is 0 Å². The van der Waals surface area contributed by atoms with E-state index in [4.69, 9.17) is 0 Å². The molecule has 4 rings (SSSR count). The predicted octanol–water partition coefficient (Wildman–Crippen LogP) is 3.30. The summed E-state index contributed by atoms with van der Waals surface area (Å²) in [4.78, 5) is 43.3. The quantitative estimate of drug-likeness (QED) is 0.771. The van der Waals surface area contributed by atoms with E-state index in [1.54, 1.807) is 0 Å². The first kappa shape index (κ1) is 18.9. The average Bonchev–Trinajstić information content (AvgIpc) is 3.17. The lowest BCUT2D eigenvalue weighted by atomic mass is 9.73. The summed E-state index contributed by atoms with van der Waals surface area (Å²) >= 11 is 1.39. The number of rotatable bonds is 4. The molecule has 1 aromatic heterocycles. The third-order valence-electron chi connectivity index (χ3n) is 5.91. The highest BCUT2D eigenvalue weighted by atomic mass is 32.1. The summed E-state index contributed by atoms with van der Waals surface area (Å²) < 4.78 is 1.000. The van der Waals surface area contributed by atoms with Gasteiger partial charge in [-0.1, -0.05) is 44.1 Å². The molecule has 1 aliphatic carbocycles. The van der Waals surface area contributed by atoms with Crippen molar-refractivity contribution in [2.45, 2.75) is 51.5 Å². The van der Waals surface area contributed by atoms with Crippen LogP contribution in [0, 0.1) is 5.92 Å². The number of nitrogens with one attached hydrogen (secondary N) is 2. The Morgan fingerprint density at radius 1 is 1.39 bits per heavy atom. The Kier molecular flexibility index (Phi) is 4.82. The van der Waals surface area contributed by atoms with Crippen LogP contribution in [0.4, 0.5) is 9.93 Å². The number of benzene rings is 1. The summed E-state index contributed by atoms with van der Waals surface area (Å²) in [5.74, 6) is -0.627. The first-order chi connectivity index (χ1) is 13.4. The van der Waals surface area contributed by atoms with Gasteiger partial charge >= 0.3 is 6.03 Å². The Hall–Kier alpha value is -2.48. The van der Waals surface area contributed by atoms with Crippen LogP contribution in [0.1, 0.15) is 45.1 Å². The summed E-state index contributed by atoms with van der Waals surface area (Å²) in [5, 5.41) is 6.07. The molecule has 1 aliphatic heterocycles. The molecule has 0 bridgehead atoms. The Labute approximate surface area is 167 Å². The third kappa shape index (κ3) is 3.15. The monoisotopic (exact) mass is 400 g/mol. The normalized spacial score (nSPS) is 24.8. The number of thiazole rings is 1. The molecule has 2 heterocycles. The highest BCUT2D eigenvalue weighted by Gasteiger charge is 2.55. The van der Waals surface area contributed by atoms with E-state index in [1.807, 2.05) is 19.1 Å². The largest absolute Gasteiger partial charge is 0.325 e. The van der Waals surface area contributed by atoms with Crippen molar-refractivity contribution in [2.75, 3.05) is 11.9 Å². The molecule has 2 fully saturated rings. The van der Waals surface area contributed by atoms with Crippen LogP contribution in [0.25, 0.3) is 10.2 Å². The standard InChI is InChI=1S/C20H24N4O3S/c1-3-13-7-8-14-15(10-13)28-18(21-14)22-16(25)11-24-17(26)20(23-19(24)27)9-5-4-6-12(20)2/h7-8,10,12H,3-6,9,11H2,1-2H3,(H,23,27)(H,21,22,25)/t12-,20-/m0/s1. The number of imide groups is 1. The van der Waals surface area contributed by atoms with Gasteiger partial charge in [0.05, 0.1) is 10.2 Å². The van der Waals surface area contributed by atoms with Crippen molar-refractivity contribution >= 4 is 44.5 Å². The van der Waals surface area contributed by atoms with Gasteiger partial charge in [-0.05, 0) is 42.9 Å². The van der Waals surface area contributed by atoms with Crippen molar-refractivity contribution in [3.05, 3.63) is 23.8 Å². The SMILES string of the molecule is CCc1ccc2nc(NC(=O)CN3C(=O)N[C@]4(CCCC[C@@H]4C)C3=O)sc2c1. The van der Waals surface area contributed by atoms with Gasteiger partial charge in [-0.25, -0.2) is 9.78 Å². The van der Waals surface area contributed by atoms with Gasteiger partial charge in [0, 0.05) is 0 Å². The smallest absolute Gasteiger partial charge is 0.323 e. The molecule has 2 N–H and O–H groups in total. The fraction of sp³-hybridized carbons (Fsp3) is 0.500. The van der Waals surface area contributed by atoms with Gasteiger partial charge in [-0.3, -0.25) is 14.5 Å². The van der Waals surface area contributed by atoms with E-state index in [2.05, 4.69) is 28.6 Å². The minimum Gasteiger partial charge on any atom is -0.323 e. The number of urea groups is 1. The van der Waals surface area contributed by atoms with Crippen LogP contribution >= 0.6 is 11.3 Å². The van der Waals surface area contributed by atoms with Crippen molar-refractivity contribution in [3.8, 4) is 0 Å². The molecule has 4 amide bonds. The fourth-order valence-electron chi connectivity index (χ4n) is 4.18. The van der Waals surface area contributed by atoms with Crippen molar-refractivity contribution in [2.24, 2.45) is 5.92 Å². The first-order valence-electron chi connectivity index (χ1n) is 9.76. The van der Waals surface area contributed by atoms with Crippen LogP contribution in [0.3, 0.4) is 0 Å². The highest BCUT2D eigenvalue weighted by molar-refractivity contribution is 7.22. The second-order valence-corrected chi connectivity index (χ2v) is 8.69. The number of amides is 4. The van der Waals surface area contributed by atoms with Crippen LogP contribution in [0.5, 0.6) is 0 Å². The van der Waals surface area contributed by atoms with Gasteiger partial charge < -0.3 is 10.6 Å². The molecule has 1 aromatic carbocycles. The molecular formula is C20H24N4O3S. The van der Waals surface area contributed by atoms with E-state index in [1.165, 1.54) is 16.9 Å². The molecule has 1 spiro atoms. The molecular weight excluding hydrogens is 376 g/mol. The zero-order valence-electron chi connectivity index (χ0n) is 16.1. The summed E-state index contributed by atoms with van der Waals surface area (Å²) in [6.07, 6.45) is 4.43. The van der Waals surface area contributed by atoms with E-state index < -0.39 is 17.5 Å². The number of carbonyl (C=O) groups excluding carboxylic acids is 3. The zero-order chi connectivity index (χ0) is 19.9. The van der Waals surface area contributed by atoms with Gasteiger partial charge in [0.1, 0.15) is 12.1 Å². The molecule has 0 radical (unpaired) electrons. The number of fused-ring (bicyclic) bond motifs is 1. The zero-order valence-corrected chi connectivity index (χ0v) is 16.9. The lowest BCUT2D eigenvalue weighted by Gasteiger charge is -2.36. The van der Waals surface area contributed by atoms with Gasteiger partial charge in [-0.15, -0.1) is 0 Å². The van der Waals surface area contributed by atoms with E-state index in [0.29, 0.717) is 11.6 Å². The number of aryl methyl sites for hydroxylation is 1. The summed E-state index contributed by atoms with van der Waals surface area (Å²) in [6, 6.07) is 5.54. The van der Waals surface area contributed by atoms with Crippen LogP contribution in [-0.2, 0) is 16.0 Å². The summed E-state index contributed by atoms with van der Waals surface area (Å²) in [6.45, 7) is 3.78. The second-order valence-electron chi connectivity index (χ2n) is 7.66. The van der Waals surface area contributed by atoms with E-state index in [0.717, 1.165) is 40.8 Å². The average molecular weight is 401 g/mol. The molecule has 2 aliphatic rings. The van der Waals surface area contributed by atoms with E-state index in [9.17, 15) is 14.4 Å². The molecule has 1 saturated heterocycles. The molecule has 2 aromatic rings. The molecule has 0 unspecified atom stereocenters. The van der Waals surface area contributed by atoms with Crippen molar-refractivity contribution in [1.29, 1.82) is 0 Å². The minimum absolute atomic E-state index is 0.0720. The third-order valence-corrected chi connectivity index (χ3v) is 6.84. The maximum atomic E-state index is 13.0. The molecule has 2 atom stereocenters. The summed E-state index contributed by atoms with van der Waals surface area (Å²) in [5.41, 5.74) is 1.19. The number of hydrogen-bond acceptors (Lipinski definition) is 5. The Bertz CT molecular complexity index is 956. The number of anilines is 1. The van der Waals surface area contributed by atoms with Crippen molar-refractivity contribution in [1.82, 2.24) is 15.2 Å². The molecule has 8 heteroatoms. The predicted molar refractivity (Wildman–Crippen MR) is 108 cm³/mol. The minimum atomic E-state index is -0.845. The topological polar surface area (TPSA) is 91.4 Å². The number of carbonyl (C=O) groups is 3. The van der Waals surface area contributed by atoms with Gasteiger partial charge in [0.15, 0.2) is 5.13 Å². The van der Waals surface area contributed by atoms with Crippen LogP contribution < -0.4 is 10.6 Å². The number of nitrogens with zero attached hydrogens (tertiary/aromatic N) is 2. The lowest BCUT2D eigenvalue weighted by molar-refractivity contribution is -0.136. The second kappa shape index (κ2) is 7.16. The van der Waals surface area contributed by atoms with E-state index in [-0.39, 0.29) is 18.4 Å². The van der Waals surface area contributed by atoms with Crippen molar-refractivity contribution in [3.63, 3.8) is 0 Å². The maximum absolute atomic E-state index is 13.0. The summed E-state index contributed by atoms with van der Waals surface area (Å²) in [7, 11) is 0. The van der Waals surface area contributed by atoms with Gasteiger partial charge in [-0.2, -0.15) is 0 Å². The Morgan fingerprint density at radius 3 is 2.96 bits per heavy atom. The molecule has 1 saturated carbocycles. The van der Waals surface area contributed by atoms with Gasteiger partial charge in [0.2, 0.25) is 5.91 Å². The van der Waals surface area contributed by atoms with Crippen molar-refractivity contribution < 1.29 is 14.4 Å². The number of aromatic nitrogens is 1. The Balaban J connectivity index is 1.46. The van der Waals surface area contributed by atoms with E-state index >= 15 is 0 Å². The number of hydrogen-bond donors (Lipinski definition) is 2. The first-order valence-corrected chi connectivity index (χ1v) is 10.6. The maximum Gasteiger partial charge on any atom is 0.325 e.